The fourth-order valence-electron chi connectivity index (χ4n) is 0.725. The molecule has 0 atom stereocenters. The second-order valence-electron chi connectivity index (χ2n) is 1.95. The largest absolute Gasteiger partial charge is 0.507 e. The summed E-state index contributed by atoms with van der Waals surface area (Å²) in [5, 5.41) is 9.31. The zero-order valence-corrected chi connectivity index (χ0v) is 8.72. The van der Waals surface area contributed by atoms with Crippen molar-refractivity contribution in [2.45, 2.75) is 6.54 Å². The Hall–Kier alpha value is -0.0000000000000000555. The fraction of sp³-hybridized carbons (Fsp3) is 0.143. The van der Waals surface area contributed by atoms with Gasteiger partial charge in [-0.1, -0.05) is 12.1 Å². The summed E-state index contributed by atoms with van der Waals surface area (Å²) in [7, 11) is 0. The number of nitrogens with two attached hydrogens (primary N) is 1. The molecule has 62 valence electrons. The van der Waals surface area contributed by atoms with Crippen LogP contribution in [-0.4, -0.2) is 5.11 Å². The van der Waals surface area contributed by atoms with Crippen molar-refractivity contribution in [1.29, 1.82) is 0 Å². The zero-order valence-electron chi connectivity index (χ0n) is 5.75. The lowest BCUT2D eigenvalue weighted by Gasteiger charge is -2.01. The van der Waals surface area contributed by atoms with Crippen molar-refractivity contribution >= 4 is 35.0 Å². The third-order valence-electron chi connectivity index (χ3n) is 1.29. The molecule has 1 aromatic rings. The standard InChI is InChI=1S/C7H8INO.ClH/c8-6-3-1-2-5(4-9)7(6)10;/h1-3,10H,4,9H2;1H. The van der Waals surface area contributed by atoms with Crippen LogP contribution < -0.4 is 5.73 Å². The summed E-state index contributed by atoms with van der Waals surface area (Å²) >= 11 is 2.07. The van der Waals surface area contributed by atoms with Gasteiger partial charge in [0, 0.05) is 12.1 Å². The summed E-state index contributed by atoms with van der Waals surface area (Å²) in [5.41, 5.74) is 6.15. The minimum Gasteiger partial charge on any atom is -0.507 e. The van der Waals surface area contributed by atoms with Crippen molar-refractivity contribution in [3.8, 4) is 5.75 Å². The van der Waals surface area contributed by atoms with E-state index in [4.69, 9.17) is 5.73 Å². The number of phenolic OH excluding ortho intramolecular Hbond substituents is 1. The van der Waals surface area contributed by atoms with Gasteiger partial charge in [0.15, 0.2) is 0 Å². The number of para-hydroxylation sites is 1. The van der Waals surface area contributed by atoms with Gasteiger partial charge in [0.25, 0.3) is 0 Å². The minimum absolute atomic E-state index is 0. The Balaban J connectivity index is 0.000001000. The average molecular weight is 286 g/mol. The monoisotopic (exact) mass is 285 g/mol. The van der Waals surface area contributed by atoms with Crippen LogP contribution in [0.4, 0.5) is 0 Å². The molecule has 0 bridgehead atoms. The highest BCUT2D eigenvalue weighted by Gasteiger charge is 2.00. The maximum absolute atomic E-state index is 9.31. The van der Waals surface area contributed by atoms with Gasteiger partial charge in [-0.3, -0.25) is 0 Å². The predicted molar refractivity (Wildman–Crippen MR) is 56.0 cm³/mol. The first-order valence-corrected chi connectivity index (χ1v) is 4.00. The van der Waals surface area contributed by atoms with Gasteiger partial charge in [0.05, 0.1) is 3.57 Å². The second kappa shape index (κ2) is 4.79. The normalized spacial score (nSPS) is 8.91. The Kier molecular flexibility index (Phi) is 4.79. The quantitative estimate of drug-likeness (QED) is 0.774. The second-order valence-corrected chi connectivity index (χ2v) is 3.11. The molecule has 0 aliphatic carbocycles. The van der Waals surface area contributed by atoms with E-state index in [1.165, 1.54) is 0 Å². The molecule has 2 nitrogen and oxygen atoms in total. The molecule has 1 aromatic carbocycles. The maximum Gasteiger partial charge on any atom is 0.133 e. The SMILES string of the molecule is Cl.NCc1cccc(I)c1O. The maximum atomic E-state index is 9.31. The van der Waals surface area contributed by atoms with Crippen LogP contribution >= 0.6 is 35.0 Å². The van der Waals surface area contributed by atoms with E-state index in [2.05, 4.69) is 22.6 Å². The molecule has 11 heavy (non-hydrogen) atoms. The third kappa shape index (κ3) is 2.50. The Labute approximate surface area is 85.3 Å². The smallest absolute Gasteiger partial charge is 0.133 e. The van der Waals surface area contributed by atoms with Crippen molar-refractivity contribution < 1.29 is 5.11 Å². The van der Waals surface area contributed by atoms with Gasteiger partial charge >= 0.3 is 0 Å². The number of rotatable bonds is 1. The predicted octanol–water partition coefficient (Wildman–Crippen LogP) is 1.88. The van der Waals surface area contributed by atoms with Gasteiger partial charge in [-0.05, 0) is 28.7 Å². The zero-order chi connectivity index (χ0) is 7.56. The number of phenols is 1. The molecule has 0 aliphatic heterocycles. The number of aromatic hydroxyl groups is 1. The van der Waals surface area contributed by atoms with E-state index >= 15 is 0 Å². The first-order valence-electron chi connectivity index (χ1n) is 2.92. The number of hydrogen-bond acceptors (Lipinski definition) is 2. The first-order chi connectivity index (χ1) is 4.75. The number of hydrogen-bond donors (Lipinski definition) is 2. The molecule has 0 fully saturated rings. The molecule has 0 spiro atoms. The molecule has 0 aromatic heterocycles. The molecule has 0 saturated carbocycles. The van der Waals surface area contributed by atoms with Crippen molar-refractivity contribution in [3.05, 3.63) is 27.3 Å². The van der Waals surface area contributed by atoms with Gasteiger partial charge in [-0.2, -0.15) is 0 Å². The summed E-state index contributed by atoms with van der Waals surface area (Å²) in [5.74, 6) is 0.311. The molecule has 0 saturated heterocycles. The van der Waals surface area contributed by atoms with Crippen LogP contribution in [0.2, 0.25) is 0 Å². The van der Waals surface area contributed by atoms with Gasteiger partial charge in [0.2, 0.25) is 0 Å². The average Bonchev–Trinajstić information content (AvgIpc) is 1.95. The number of halogens is 2. The van der Waals surface area contributed by atoms with Crippen LogP contribution in [0.25, 0.3) is 0 Å². The highest BCUT2D eigenvalue weighted by molar-refractivity contribution is 14.1. The molecule has 0 amide bonds. The van der Waals surface area contributed by atoms with Crippen LogP contribution in [0.3, 0.4) is 0 Å². The molecule has 4 heteroatoms. The van der Waals surface area contributed by atoms with E-state index in [1.807, 2.05) is 18.2 Å². The van der Waals surface area contributed by atoms with E-state index in [0.717, 1.165) is 9.13 Å². The van der Waals surface area contributed by atoms with E-state index in [1.54, 1.807) is 0 Å². The highest BCUT2D eigenvalue weighted by Crippen LogP contribution is 2.22. The number of benzene rings is 1. The minimum atomic E-state index is 0. The molecule has 0 heterocycles. The lowest BCUT2D eigenvalue weighted by atomic mass is 10.2. The van der Waals surface area contributed by atoms with Crippen molar-refractivity contribution in [2.24, 2.45) is 5.73 Å². The Bertz CT molecular complexity index is 242. The molecule has 1 rings (SSSR count). The summed E-state index contributed by atoms with van der Waals surface area (Å²) in [6, 6.07) is 5.54. The van der Waals surface area contributed by atoms with Crippen LogP contribution in [0.1, 0.15) is 5.56 Å². The van der Waals surface area contributed by atoms with E-state index in [-0.39, 0.29) is 12.4 Å². The lowest BCUT2D eigenvalue weighted by molar-refractivity contribution is 0.464. The summed E-state index contributed by atoms with van der Waals surface area (Å²) in [6.45, 7) is 0.392. The summed E-state index contributed by atoms with van der Waals surface area (Å²) in [6.07, 6.45) is 0. The molecule has 3 N–H and O–H groups in total. The third-order valence-corrected chi connectivity index (χ3v) is 2.16. The van der Waals surface area contributed by atoms with Crippen LogP contribution in [0.5, 0.6) is 5.75 Å². The summed E-state index contributed by atoms with van der Waals surface area (Å²) < 4.78 is 0.848. The highest BCUT2D eigenvalue weighted by atomic mass is 127. The Morgan fingerprint density at radius 2 is 2.09 bits per heavy atom. The van der Waals surface area contributed by atoms with Crippen LogP contribution in [0, 0.1) is 3.57 Å². The Morgan fingerprint density at radius 3 is 2.55 bits per heavy atom. The van der Waals surface area contributed by atoms with Gasteiger partial charge in [-0.25, -0.2) is 0 Å². The molecule has 0 radical (unpaired) electrons. The van der Waals surface area contributed by atoms with E-state index in [9.17, 15) is 5.11 Å². The topological polar surface area (TPSA) is 46.2 Å². The van der Waals surface area contributed by atoms with E-state index < -0.39 is 0 Å². The lowest BCUT2D eigenvalue weighted by Crippen LogP contribution is -1.96. The summed E-state index contributed by atoms with van der Waals surface area (Å²) in [4.78, 5) is 0. The van der Waals surface area contributed by atoms with Crippen molar-refractivity contribution in [2.75, 3.05) is 0 Å². The first kappa shape index (κ1) is 11.0. The molecule has 0 unspecified atom stereocenters. The van der Waals surface area contributed by atoms with Crippen molar-refractivity contribution in [3.63, 3.8) is 0 Å². The fourth-order valence-corrected chi connectivity index (χ4v) is 1.28. The van der Waals surface area contributed by atoms with Crippen LogP contribution in [0.15, 0.2) is 18.2 Å². The van der Waals surface area contributed by atoms with Crippen LogP contribution in [-0.2, 0) is 6.54 Å². The van der Waals surface area contributed by atoms with Gasteiger partial charge in [-0.15, -0.1) is 12.4 Å². The van der Waals surface area contributed by atoms with Gasteiger partial charge < -0.3 is 10.8 Å². The van der Waals surface area contributed by atoms with Crippen molar-refractivity contribution in [1.82, 2.24) is 0 Å². The Morgan fingerprint density at radius 1 is 1.45 bits per heavy atom. The van der Waals surface area contributed by atoms with Gasteiger partial charge in [0.1, 0.15) is 5.75 Å². The molecular weight excluding hydrogens is 276 g/mol. The molecular formula is C7H9ClINO. The molecule has 0 aliphatic rings. The van der Waals surface area contributed by atoms with E-state index in [0.29, 0.717) is 12.3 Å².